The summed E-state index contributed by atoms with van der Waals surface area (Å²) < 4.78 is 48.2. The highest BCUT2D eigenvalue weighted by atomic mass is 19.4. The number of ether oxygens (including phenoxy) is 2. The summed E-state index contributed by atoms with van der Waals surface area (Å²) in [7, 11) is 0. The maximum Gasteiger partial charge on any atom is 0.490 e. The molecule has 0 bridgehead atoms. The minimum Gasteiger partial charge on any atom is -0.481 e. The van der Waals surface area contributed by atoms with Crippen LogP contribution in [0.1, 0.15) is 51.2 Å². The fraction of sp³-hybridized carbons (Fsp3) is 0.696. The topological polar surface area (TPSA) is 195 Å². The van der Waals surface area contributed by atoms with Gasteiger partial charge in [0.15, 0.2) is 17.7 Å². The number of anilines is 2. The van der Waals surface area contributed by atoms with Gasteiger partial charge in [-0.3, -0.25) is 9.36 Å². The molecule has 2 aromatic heterocycles. The van der Waals surface area contributed by atoms with Gasteiger partial charge >= 0.3 is 18.1 Å². The zero-order chi connectivity index (χ0) is 28.3. The summed E-state index contributed by atoms with van der Waals surface area (Å²) in [6, 6.07) is 0. The number of carboxylic acids is 1. The highest BCUT2D eigenvalue weighted by Crippen LogP contribution is 2.34. The second-order valence-corrected chi connectivity index (χ2v) is 9.93. The van der Waals surface area contributed by atoms with Crippen molar-refractivity contribution in [1.29, 1.82) is 0 Å². The van der Waals surface area contributed by atoms with E-state index in [0.717, 1.165) is 32.1 Å². The first-order chi connectivity index (χ1) is 18.4. The maximum atomic E-state index is 12.4. The fourth-order valence-corrected chi connectivity index (χ4v) is 5.06. The average Bonchev–Trinajstić information content (AvgIpc) is 3.42. The number of nitrogen functional groups attached to an aromatic ring is 1. The number of nitrogens with zero attached hydrogens (tertiary/aromatic N) is 4. The van der Waals surface area contributed by atoms with Crippen LogP contribution in [-0.4, -0.2) is 84.4 Å². The number of aliphatic carboxylic acids is 1. The van der Waals surface area contributed by atoms with Gasteiger partial charge in [0.2, 0.25) is 5.95 Å². The average molecular weight is 561 g/mol. The molecule has 39 heavy (non-hydrogen) atoms. The first kappa shape index (κ1) is 28.8. The summed E-state index contributed by atoms with van der Waals surface area (Å²) in [4.78, 5) is 34.5. The molecule has 1 saturated heterocycles. The van der Waals surface area contributed by atoms with Crippen molar-refractivity contribution in [3.63, 3.8) is 0 Å². The Morgan fingerprint density at radius 3 is 2.44 bits per heavy atom. The highest BCUT2D eigenvalue weighted by Gasteiger charge is 2.47. The molecule has 0 radical (unpaired) electrons. The van der Waals surface area contributed by atoms with Crippen molar-refractivity contribution in [3.8, 4) is 0 Å². The van der Waals surface area contributed by atoms with Crippen LogP contribution in [0.25, 0.3) is 11.2 Å². The number of carboxylic acid groups (broad SMARTS) is 1. The van der Waals surface area contributed by atoms with Gasteiger partial charge in [-0.15, -0.1) is 0 Å². The van der Waals surface area contributed by atoms with Crippen LogP contribution in [0.4, 0.5) is 24.9 Å². The molecule has 2 aliphatic rings. The lowest BCUT2D eigenvalue weighted by molar-refractivity contribution is -0.203. The molecule has 0 amide bonds. The first-order valence-corrected chi connectivity index (χ1v) is 12.6. The SMILES string of the molecule is Nc1nc(NCCC2CCC(CCC(=O)O)CC2)nc2c1ncn2[C@@H]1O[C@H](COC(=O)C(F)(F)F)C(O)C1O. The van der Waals surface area contributed by atoms with E-state index >= 15 is 0 Å². The lowest BCUT2D eigenvalue weighted by atomic mass is 9.79. The molecule has 1 aliphatic heterocycles. The van der Waals surface area contributed by atoms with Crippen LogP contribution in [0.15, 0.2) is 6.33 Å². The van der Waals surface area contributed by atoms with Crippen molar-refractivity contribution in [1.82, 2.24) is 19.5 Å². The van der Waals surface area contributed by atoms with E-state index in [1.807, 2.05) is 0 Å². The summed E-state index contributed by atoms with van der Waals surface area (Å²) in [6.45, 7) is -0.372. The van der Waals surface area contributed by atoms with Gasteiger partial charge < -0.3 is 35.8 Å². The number of hydrogen-bond donors (Lipinski definition) is 5. The van der Waals surface area contributed by atoms with E-state index in [-0.39, 0.29) is 29.4 Å². The van der Waals surface area contributed by atoms with Gasteiger partial charge in [0.1, 0.15) is 30.4 Å². The van der Waals surface area contributed by atoms with Gasteiger partial charge in [0, 0.05) is 13.0 Å². The zero-order valence-corrected chi connectivity index (χ0v) is 20.9. The molecule has 1 saturated carbocycles. The van der Waals surface area contributed by atoms with E-state index in [9.17, 15) is 33.0 Å². The van der Waals surface area contributed by atoms with E-state index in [0.29, 0.717) is 24.8 Å². The predicted octanol–water partition coefficient (Wildman–Crippen LogP) is 1.61. The molecule has 2 unspecified atom stereocenters. The Balaban J connectivity index is 1.36. The van der Waals surface area contributed by atoms with Crippen molar-refractivity contribution in [3.05, 3.63) is 6.33 Å². The molecule has 6 N–H and O–H groups in total. The number of aliphatic hydroxyl groups is 2. The van der Waals surface area contributed by atoms with Crippen molar-refractivity contribution in [2.24, 2.45) is 11.8 Å². The Morgan fingerprint density at radius 2 is 1.79 bits per heavy atom. The molecule has 4 rings (SSSR count). The number of fused-ring (bicyclic) bond motifs is 1. The normalized spacial score (nSPS) is 27.5. The molecular weight excluding hydrogens is 529 g/mol. The van der Waals surface area contributed by atoms with Gasteiger partial charge in [-0.2, -0.15) is 23.1 Å². The van der Waals surface area contributed by atoms with Crippen LogP contribution in [-0.2, 0) is 19.1 Å². The number of aromatic nitrogens is 4. The van der Waals surface area contributed by atoms with Crippen LogP contribution >= 0.6 is 0 Å². The number of halogens is 3. The molecule has 2 aromatic rings. The number of rotatable bonds is 10. The number of imidazole rings is 1. The van der Waals surface area contributed by atoms with Gasteiger partial charge in [-0.25, -0.2) is 9.78 Å². The number of nitrogens with two attached hydrogens (primary N) is 1. The Labute approximate surface area is 220 Å². The van der Waals surface area contributed by atoms with Gasteiger partial charge in [0.25, 0.3) is 0 Å². The lowest BCUT2D eigenvalue weighted by Gasteiger charge is -2.28. The zero-order valence-electron chi connectivity index (χ0n) is 20.9. The van der Waals surface area contributed by atoms with Crippen molar-refractivity contribution in [2.45, 2.75) is 75.7 Å². The molecule has 0 spiro atoms. The van der Waals surface area contributed by atoms with E-state index in [1.165, 1.54) is 10.9 Å². The number of carbonyl (C=O) groups excluding carboxylic acids is 1. The smallest absolute Gasteiger partial charge is 0.481 e. The molecule has 13 nitrogen and oxygen atoms in total. The Morgan fingerprint density at radius 1 is 1.13 bits per heavy atom. The van der Waals surface area contributed by atoms with Gasteiger partial charge in [0.05, 0.1) is 6.33 Å². The minimum atomic E-state index is -5.21. The van der Waals surface area contributed by atoms with Crippen LogP contribution in [0.3, 0.4) is 0 Å². The molecular formula is C23H31F3N6O7. The van der Waals surface area contributed by atoms with Crippen LogP contribution in [0.5, 0.6) is 0 Å². The standard InChI is InChI=1S/C23H31F3N6O7/c24-23(25,26)21(37)38-9-13-16(35)17(36)20(39-13)32-10-29-15-18(27)30-22(31-19(15)32)28-8-7-12-3-1-11(2-4-12)5-6-14(33)34/h10-13,16-17,20,35-36H,1-9H2,(H,33,34)(H3,27,28,30,31)/t11?,12?,13-,16?,17?,20-/m1/s1. The van der Waals surface area contributed by atoms with E-state index in [1.54, 1.807) is 0 Å². The number of esters is 1. The quantitative estimate of drug-likeness (QED) is 0.264. The largest absolute Gasteiger partial charge is 0.490 e. The minimum absolute atomic E-state index is 0.0453. The number of alkyl halides is 3. The van der Waals surface area contributed by atoms with Crippen LogP contribution < -0.4 is 11.1 Å². The van der Waals surface area contributed by atoms with Crippen molar-refractivity contribution < 1.29 is 47.6 Å². The predicted molar refractivity (Wildman–Crippen MR) is 128 cm³/mol. The molecule has 3 heterocycles. The third-order valence-corrected chi connectivity index (χ3v) is 7.24. The number of hydrogen-bond acceptors (Lipinski definition) is 11. The Bertz CT molecular complexity index is 1170. The van der Waals surface area contributed by atoms with Gasteiger partial charge in [-0.1, -0.05) is 25.7 Å². The highest BCUT2D eigenvalue weighted by molar-refractivity contribution is 5.83. The van der Waals surface area contributed by atoms with E-state index < -0.39 is 49.3 Å². The Kier molecular flexibility index (Phi) is 8.76. The molecule has 1 aliphatic carbocycles. The summed E-state index contributed by atoms with van der Waals surface area (Å²) in [5.41, 5.74) is 6.39. The molecule has 2 fully saturated rings. The third kappa shape index (κ3) is 6.86. The first-order valence-electron chi connectivity index (χ1n) is 12.6. The summed E-state index contributed by atoms with van der Waals surface area (Å²) >= 11 is 0. The molecule has 0 aromatic carbocycles. The van der Waals surface area contributed by atoms with Gasteiger partial charge in [-0.05, 0) is 24.7 Å². The molecule has 216 valence electrons. The monoisotopic (exact) mass is 560 g/mol. The van der Waals surface area contributed by atoms with Crippen LogP contribution in [0.2, 0.25) is 0 Å². The maximum absolute atomic E-state index is 12.4. The summed E-state index contributed by atoms with van der Waals surface area (Å²) in [6.07, 6.45) is -4.15. The lowest BCUT2D eigenvalue weighted by Crippen LogP contribution is -2.36. The molecule has 16 heteroatoms. The van der Waals surface area contributed by atoms with Crippen molar-refractivity contribution in [2.75, 3.05) is 24.2 Å². The number of carbonyl (C=O) groups is 2. The number of aliphatic hydroxyl groups excluding tert-OH is 2. The second kappa shape index (κ2) is 11.9. The second-order valence-electron chi connectivity index (χ2n) is 9.93. The fourth-order valence-electron chi connectivity index (χ4n) is 5.06. The van der Waals surface area contributed by atoms with Crippen LogP contribution in [0, 0.1) is 11.8 Å². The molecule has 4 atom stereocenters. The summed E-state index contributed by atoms with van der Waals surface area (Å²) in [5.74, 6) is -2.04. The van der Waals surface area contributed by atoms with Crippen molar-refractivity contribution >= 4 is 34.9 Å². The third-order valence-electron chi connectivity index (χ3n) is 7.24. The Hall–Kier alpha value is -3.24. The number of nitrogens with one attached hydrogen (secondary N) is 1. The van der Waals surface area contributed by atoms with E-state index in [4.69, 9.17) is 15.6 Å². The summed E-state index contributed by atoms with van der Waals surface area (Å²) in [5, 5.41) is 32.7. The van der Waals surface area contributed by atoms with E-state index in [2.05, 4.69) is 25.0 Å².